The minimum Gasteiger partial charge on any atom is -0.382 e. The number of hydrogen-bond acceptors (Lipinski definition) is 3. The number of rotatable bonds is 6. The average Bonchev–Trinajstić information content (AvgIpc) is 2.33. The van der Waals surface area contributed by atoms with Crippen molar-refractivity contribution < 1.29 is 22.7 Å². The molecule has 0 aliphatic carbocycles. The fraction of sp³-hybridized carbons (Fsp3) is 0.500. The maximum absolute atomic E-state index is 12.5. The van der Waals surface area contributed by atoms with Crippen molar-refractivity contribution in [1.82, 2.24) is 5.48 Å². The van der Waals surface area contributed by atoms with Crippen molar-refractivity contribution in [1.29, 1.82) is 0 Å². The van der Waals surface area contributed by atoms with Crippen molar-refractivity contribution >= 4 is 0 Å². The van der Waals surface area contributed by atoms with E-state index in [4.69, 9.17) is 9.57 Å². The zero-order valence-corrected chi connectivity index (χ0v) is 10.3. The molecule has 0 bridgehead atoms. The summed E-state index contributed by atoms with van der Waals surface area (Å²) < 4.78 is 42.3. The minimum absolute atomic E-state index is 0.329. The highest BCUT2D eigenvalue weighted by atomic mass is 19.4. The van der Waals surface area contributed by atoms with Crippen LogP contribution in [0.5, 0.6) is 0 Å². The molecule has 0 amide bonds. The summed E-state index contributed by atoms with van der Waals surface area (Å²) in [7, 11) is 1.54. The van der Waals surface area contributed by atoms with E-state index in [-0.39, 0.29) is 6.04 Å². The predicted octanol–water partition coefficient (Wildman–Crippen LogP) is 2.93. The number of hydroxylamine groups is 1. The Bertz CT molecular complexity index is 369. The molecule has 18 heavy (non-hydrogen) atoms. The summed E-state index contributed by atoms with van der Waals surface area (Å²) in [5.41, 5.74) is 2.52. The first-order valence-corrected chi connectivity index (χ1v) is 5.48. The summed E-state index contributed by atoms with van der Waals surface area (Å²) in [6.45, 7) is 2.48. The van der Waals surface area contributed by atoms with Crippen LogP contribution in [0.1, 0.15) is 24.1 Å². The standard InChI is InChI=1S/C12H16F3NO2/c1-9(16-18-7-6-17-2)10-4-3-5-11(8-10)12(13,14)15/h3-5,8-9,16H,6-7H2,1-2H3. The molecule has 0 aliphatic rings. The largest absolute Gasteiger partial charge is 0.416 e. The van der Waals surface area contributed by atoms with Crippen LogP contribution in [-0.4, -0.2) is 20.3 Å². The van der Waals surface area contributed by atoms with Crippen molar-refractivity contribution in [3.63, 3.8) is 0 Å². The van der Waals surface area contributed by atoms with Crippen molar-refractivity contribution in [2.45, 2.75) is 19.1 Å². The first kappa shape index (κ1) is 14.9. The van der Waals surface area contributed by atoms with Gasteiger partial charge in [-0.1, -0.05) is 12.1 Å². The van der Waals surface area contributed by atoms with E-state index < -0.39 is 11.7 Å². The van der Waals surface area contributed by atoms with Gasteiger partial charge in [0.05, 0.1) is 24.8 Å². The lowest BCUT2D eigenvalue weighted by molar-refractivity contribution is -0.137. The molecule has 3 nitrogen and oxygen atoms in total. The molecule has 0 fully saturated rings. The van der Waals surface area contributed by atoms with E-state index in [0.717, 1.165) is 12.1 Å². The van der Waals surface area contributed by atoms with E-state index in [1.807, 2.05) is 0 Å². The third-order valence-corrected chi connectivity index (χ3v) is 2.36. The number of nitrogens with one attached hydrogen (secondary N) is 1. The smallest absolute Gasteiger partial charge is 0.382 e. The molecule has 0 saturated carbocycles. The molecule has 0 aliphatic heterocycles. The van der Waals surface area contributed by atoms with Gasteiger partial charge in [0.25, 0.3) is 0 Å². The van der Waals surface area contributed by atoms with Crippen molar-refractivity contribution in [2.75, 3.05) is 20.3 Å². The third kappa shape index (κ3) is 4.64. The van der Waals surface area contributed by atoms with Crippen molar-refractivity contribution in [3.8, 4) is 0 Å². The number of hydrogen-bond donors (Lipinski definition) is 1. The summed E-state index contributed by atoms with van der Waals surface area (Å²) in [6, 6.07) is 4.82. The van der Waals surface area contributed by atoms with Gasteiger partial charge in [-0.25, -0.2) is 0 Å². The molecule has 0 heterocycles. The molecule has 1 aromatic carbocycles. The monoisotopic (exact) mass is 263 g/mol. The SMILES string of the molecule is COCCONC(C)c1cccc(C(F)(F)F)c1. The van der Waals surface area contributed by atoms with Crippen LogP contribution in [0.15, 0.2) is 24.3 Å². The Morgan fingerprint density at radius 1 is 1.28 bits per heavy atom. The van der Waals surface area contributed by atoms with Crippen LogP contribution < -0.4 is 5.48 Å². The van der Waals surface area contributed by atoms with Crippen molar-refractivity contribution in [2.24, 2.45) is 0 Å². The Kier molecular flexibility index (Phi) is 5.58. The van der Waals surface area contributed by atoms with Crippen LogP contribution in [0.3, 0.4) is 0 Å². The van der Waals surface area contributed by atoms with E-state index in [1.54, 1.807) is 20.1 Å². The summed E-state index contributed by atoms with van der Waals surface area (Å²) in [6.07, 6.45) is -4.33. The summed E-state index contributed by atoms with van der Waals surface area (Å²) in [5, 5.41) is 0. The van der Waals surface area contributed by atoms with Crippen LogP contribution in [0.2, 0.25) is 0 Å². The Morgan fingerprint density at radius 3 is 2.61 bits per heavy atom. The Hall–Kier alpha value is -1.11. The van der Waals surface area contributed by atoms with Crippen LogP contribution in [0.4, 0.5) is 13.2 Å². The molecule has 0 aromatic heterocycles. The second-order valence-corrected chi connectivity index (χ2v) is 3.80. The molecule has 0 radical (unpaired) electrons. The normalized spacial score (nSPS) is 13.6. The van der Waals surface area contributed by atoms with Crippen LogP contribution in [0.25, 0.3) is 0 Å². The maximum Gasteiger partial charge on any atom is 0.416 e. The van der Waals surface area contributed by atoms with Crippen LogP contribution >= 0.6 is 0 Å². The summed E-state index contributed by atoms with van der Waals surface area (Å²) >= 11 is 0. The van der Waals surface area contributed by atoms with Gasteiger partial charge in [-0.2, -0.15) is 18.7 Å². The third-order valence-electron chi connectivity index (χ3n) is 2.36. The van der Waals surface area contributed by atoms with E-state index >= 15 is 0 Å². The zero-order valence-electron chi connectivity index (χ0n) is 10.3. The molecular formula is C12H16F3NO2. The Labute approximate surface area is 104 Å². The van der Waals surface area contributed by atoms with Gasteiger partial charge in [-0.3, -0.25) is 4.84 Å². The van der Waals surface area contributed by atoms with Crippen LogP contribution in [-0.2, 0) is 15.8 Å². The molecule has 0 spiro atoms. The summed E-state index contributed by atoms with van der Waals surface area (Å²) in [5.74, 6) is 0. The van der Waals surface area contributed by atoms with Gasteiger partial charge >= 0.3 is 6.18 Å². The van der Waals surface area contributed by atoms with Gasteiger partial charge in [0.1, 0.15) is 0 Å². The molecule has 6 heteroatoms. The number of methoxy groups -OCH3 is 1. The van der Waals surface area contributed by atoms with Gasteiger partial charge in [-0.15, -0.1) is 0 Å². The molecule has 1 unspecified atom stereocenters. The van der Waals surface area contributed by atoms with Crippen molar-refractivity contribution in [3.05, 3.63) is 35.4 Å². The van der Waals surface area contributed by atoms with E-state index in [9.17, 15) is 13.2 Å². The topological polar surface area (TPSA) is 30.5 Å². The fourth-order valence-corrected chi connectivity index (χ4v) is 1.36. The molecule has 1 N–H and O–H groups in total. The molecule has 1 rings (SSSR count). The van der Waals surface area contributed by atoms with Gasteiger partial charge in [-0.05, 0) is 24.6 Å². The maximum atomic E-state index is 12.5. The van der Waals surface area contributed by atoms with Gasteiger partial charge in [0.15, 0.2) is 0 Å². The second-order valence-electron chi connectivity index (χ2n) is 3.80. The van der Waals surface area contributed by atoms with Crippen LogP contribution in [0, 0.1) is 0 Å². The Balaban J connectivity index is 2.60. The first-order chi connectivity index (χ1) is 8.45. The first-order valence-electron chi connectivity index (χ1n) is 5.48. The second kappa shape index (κ2) is 6.72. The lowest BCUT2D eigenvalue weighted by Crippen LogP contribution is -2.21. The van der Waals surface area contributed by atoms with E-state index in [1.165, 1.54) is 6.07 Å². The van der Waals surface area contributed by atoms with Gasteiger partial charge < -0.3 is 4.74 Å². The average molecular weight is 263 g/mol. The molecule has 1 aromatic rings. The fourth-order valence-electron chi connectivity index (χ4n) is 1.36. The molecular weight excluding hydrogens is 247 g/mol. The number of alkyl halides is 3. The van der Waals surface area contributed by atoms with E-state index in [2.05, 4.69) is 5.48 Å². The van der Waals surface area contributed by atoms with E-state index in [0.29, 0.717) is 18.8 Å². The highest BCUT2D eigenvalue weighted by Crippen LogP contribution is 2.30. The Morgan fingerprint density at radius 2 is 2.00 bits per heavy atom. The molecule has 102 valence electrons. The predicted molar refractivity (Wildman–Crippen MR) is 60.8 cm³/mol. The quantitative estimate of drug-likeness (QED) is 0.632. The molecule has 1 atom stereocenters. The number of halogens is 3. The van der Waals surface area contributed by atoms with Gasteiger partial charge in [0, 0.05) is 7.11 Å². The van der Waals surface area contributed by atoms with Gasteiger partial charge in [0.2, 0.25) is 0 Å². The molecule has 0 saturated heterocycles. The highest BCUT2D eigenvalue weighted by Gasteiger charge is 2.30. The zero-order chi connectivity index (χ0) is 13.6. The number of benzene rings is 1. The number of ether oxygens (including phenoxy) is 1. The lowest BCUT2D eigenvalue weighted by atomic mass is 10.1. The highest BCUT2D eigenvalue weighted by molar-refractivity contribution is 5.27. The summed E-state index contributed by atoms with van der Waals surface area (Å²) in [4.78, 5) is 5.06. The lowest BCUT2D eigenvalue weighted by Gasteiger charge is -2.15. The minimum atomic E-state index is -4.33.